The number of alkyl halides is 3. The van der Waals surface area contributed by atoms with E-state index in [0.29, 0.717) is 17.9 Å². The van der Waals surface area contributed by atoms with Gasteiger partial charge in [0.05, 0.1) is 36.4 Å². The summed E-state index contributed by atoms with van der Waals surface area (Å²) in [6, 6.07) is 12.4. The molecule has 0 saturated carbocycles. The Balaban J connectivity index is 1.45. The minimum absolute atomic E-state index is 0.00724. The molecule has 0 unspecified atom stereocenters. The molecule has 2 heterocycles. The minimum atomic E-state index is -4.68. The molecule has 3 aromatic rings. The molecule has 0 radical (unpaired) electrons. The number of fused-ring (bicyclic) bond motifs is 1. The fraction of sp³-hybridized carbons (Fsp3) is 0.448. The van der Waals surface area contributed by atoms with Gasteiger partial charge in [-0.15, -0.1) is 0 Å². The maximum atomic E-state index is 14.1. The number of nitrogens with zero attached hydrogens (tertiary/aromatic N) is 5. The van der Waals surface area contributed by atoms with Crippen LogP contribution in [0.2, 0.25) is 0 Å². The first-order chi connectivity index (χ1) is 19.8. The van der Waals surface area contributed by atoms with Gasteiger partial charge in [0.2, 0.25) is 16.0 Å². The van der Waals surface area contributed by atoms with Crippen LogP contribution in [0.1, 0.15) is 28.4 Å². The molecule has 13 heteroatoms. The van der Waals surface area contributed by atoms with Gasteiger partial charge in [-0.25, -0.2) is 18.4 Å². The Kier molecular flexibility index (Phi) is 8.37. The van der Waals surface area contributed by atoms with Crippen molar-refractivity contribution in [3.8, 4) is 5.75 Å². The Morgan fingerprint density at radius 3 is 2.50 bits per heavy atom. The molecule has 0 spiro atoms. The van der Waals surface area contributed by atoms with Crippen LogP contribution in [-0.4, -0.2) is 81.2 Å². The molecule has 2 aliphatic rings. The van der Waals surface area contributed by atoms with E-state index in [1.165, 1.54) is 18.5 Å². The predicted octanol–water partition coefficient (Wildman–Crippen LogP) is 4.35. The van der Waals surface area contributed by atoms with E-state index in [9.17, 15) is 21.6 Å². The fourth-order valence-corrected chi connectivity index (χ4v) is 6.52. The number of nitrogens with one attached hydrogen (secondary N) is 1. The number of aromatic nitrogens is 2. The highest BCUT2D eigenvalue weighted by atomic mass is 32.2. The normalized spacial score (nSPS) is 19.7. The van der Waals surface area contributed by atoms with Crippen molar-refractivity contribution >= 4 is 27.3 Å². The number of halogens is 3. The fourth-order valence-electron chi connectivity index (χ4n) is 5.82. The van der Waals surface area contributed by atoms with Gasteiger partial charge < -0.3 is 19.9 Å². The average Bonchev–Trinajstić information content (AvgIpc) is 3.29. The lowest BCUT2D eigenvalue weighted by Gasteiger charge is -2.34. The SMILES string of the molecule is COc1cc(N2CCN(C)CC2)ccc1Nc1ncc(C(F)(F)F)c(C[C@@H]2Cc3ccccc3[C@H]2N(C)S(C)(=O)=O)n1. The Morgan fingerprint density at radius 1 is 1.12 bits per heavy atom. The molecule has 0 amide bonds. The molecule has 1 fully saturated rings. The largest absolute Gasteiger partial charge is 0.494 e. The van der Waals surface area contributed by atoms with E-state index in [1.54, 1.807) is 12.1 Å². The van der Waals surface area contributed by atoms with E-state index >= 15 is 0 Å². The van der Waals surface area contributed by atoms with Crippen molar-refractivity contribution in [2.45, 2.75) is 25.1 Å². The molecule has 5 rings (SSSR count). The lowest BCUT2D eigenvalue weighted by Crippen LogP contribution is -2.44. The Labute approximate surface area is 244 Å². The van der Waals surface area contributed by atoms with Crippen molar-refractivity contribution in [3.05, 3.63) is 71.0 Å². The van der Waals surface area contributed by atoms with E-state index in [0.717, 1.165) is 55.4 Å². The predicted molar refractivity (Wildman–Crippen MR) is 156 cm³/mol. The minimum Gasteiger partial charge on any atom is -0.494 e. The molecule has 1 aliphatic heterocycles. The van der Waals surface area contributed by atoms with Gasteiger partial charge in [-0.05, 0) is 49.1 Å². The van der Waals surface area contributed by atoms with Gasteiger partial charge in [0, 0.05) is 51.2 Å². The molecule has 1 N–H and O–H groups in total. The topological polar surface area (TPSA) is 90.9 Å². The third-order valence-electron chi connectivity index (χ3n) is 8.15. The van der Waals surface area contributed by atoms with Crippen LogP contribution < -0.4 is 15.0 Å². The molecule has 226 valence electrons. The Hall–Kier alpha value is -3.42. The number of methoxy groups -OCH3 is 1. The zero-order valence-electron chi connectivity index (χ0n) is 24.0. The first kappa shape index (κ1) is 30.1. The number of benzene rings is 2. The molecule has 1 aromatic heterocycles. The Morgan fingerprint density at radius 2 is 1.83 bits per heavy atom. The third kappa shape index (κ3) is 6.32. The van der Waals surface area contributed by atoms with Crippen LogP contribution in [0.3, 0.4) is 0 Å². The highest BCUT2D eigenvalue weighted by Gasteiger charge is 2.41. The van der Waals surface area contributed by atoms with Crippen molar-refractivity contribution in [2.24, 2.45) is 5.92 Å². The molecule has 2 atom stereocenters. The van der Waals surface area contributed by atoms with E-state index in [-0.39, 0.29) is 18.1 Å². The van der Waals surface area contributed by atoms with Gasteiger partial charge >= 0.3 is 6.18 Å². The summed E-state index contributed by atoms with van der Waals surface area (Å²) in [5.41, 5.74) is 2.07. The van der Waals surface area contributed by atoms with Gasteiger partial charge in [0.15, 0.2) is 0 Å². The summed E-state index contributed by atoms with van der Waals surface area (Å²) in [4.78, 5) is 12.8. The van der Waals surface area contributed by atoms with E-state index in [2.05, 4.69) is 32.1 Å². The Bertz CT molecular complexity index is 1540. The molecule has 1 saturated heterocycles. The average molecular weight is 605 g/mol. The van der Waals surface area contributed by atoms with Crippen LogP contribution >= 0.6 is 0 Å². The zero-order chi connectivity index (χ0) is 30.2. The molecular formula is C29H35F3N6O3S. The first-order valence-corrected chi connectivity index (χ1v) is 15.5. The van der Waals surface area contributed by atoms with Crippen molar-refractivity contribution in [2.75, 3.05) is 63.9 Å². The second kappa shape index (κ2) is 11.7. The maximum absolute atomic E-state index is 14.1. The highest BCUT2D eigenvalue weighted by molar-refractivity contribution is 7.88. The van der Waals surface area contributed by atoms with Crippen molar-refractivity contribution in [1.82, 2.24) is 19.2 Å². The van der Waals surface area contributed by atoms with Crippen LogP contribution in [0.15, 0.2) is 48.7 Å². The van der Waals surface area contributed by atoms with Crippen LogP contribution in [0, 0.1) is 5.92 Å². The van der Waals surface area contributed by atoms with Crippen LogP contribution in [0.25, 0.3) is 0 Å². The van der Waals surface area contributed by atoms with Crippen molar-refractivity contribution in [1.29, 1.82) is 0 Å². The highest BCUT2D eigenvalue weighted by Crippen LogP contribution is 2.43. The standard InChI is InChI=1S/C29H35F3N6O3S/c1-36-11-13-38(14-12-36)21-9-10-24(26(17-21)41-3)34-28-33-18-23(29(30,31)32)25(35-28)16-20-15-19-7-5-6-8-22(19)27(20)37(2)42(4,39)40/h5-10,17-18,20,27H,11-16H2,1-4H3,(H,33,34,35)/t20-,27-/m0/s1. The van der Waals surface area contributed by atoms with Gasteiger partial charge in [-0.1, -0.05) is 24.3 Å². The smallest absolute Gasteiger partial charge is 0.419 e. The summed E-state index contributed by atoms with van der Waals surface area (Å²) >= 11 is 0. The summed E-state index contributed by atoms with van der Waals surface area (Å²) in [7, 11) is 1.46. The molecular weight excluding hydrogens is 569 g/mol. The quantitative estimate of drug-likeness (QED) is 0.406. The van der Waals surface area contributed by atoms with Crippen LogP contribution in [-0.2, 0) is 29.0 Å². The van der Waals surface area contributed by atoms with E-state index in [1.807, 2.05) is 30.3 Å². The van der Waals surface area contributed by atoms with Gasteiger partial charge in [-0.3, -0.25) is 0 Å². The van der Waals surface area contributed by atoms with Gasteiger partial charge in [0.25, 0.3) is 0 Å². The van der Waals surface area contributed by atoms with Crippen LogP contribution in [0.5, 0.6) is 5.75 Å². The summed E-state index contributed by atoms with van der Waals surface area (Å²) in [5.74, 6) is 0.0492. The first-order valence-electron chi connectivity index (χ1n) is 13.7. The molecule has 1 aliphatic carbocycles. The number of likely N-dealkylation sites (N-methyl/N-ethyl adjacent to an activating group) is 1. The maximum Gasteiger partial charge on any atom is 0.419 e. The lowest BCUT2D eigenvalue weighted by atomic mass is 9.93. The summed E-state index contributed by atoms with van der Waals surface area (Å²) in [6.07, 6.45) is -2.47. The van der Waals surface area contributed by atoms with Gasteiger partial charge in [-0.2, -0.15) is 17.5 Å². The molecule has 0 bridgehead atoms. The molecule has 2 aromatic carbocycles. The molecule has 9 nitrogen and oxygen atoms in total. The summed E-state index contributed by atoms with van der Waals surface area (Å²) < 4.78 is 74.2. The number of anilines is 3. The van der Waals surface area contributed by atoms with Crippen molar-refractivity contribution < 1.29 is 26.3 Å². The number of rotatable bonds is 8. The van der Waals surface area contributed by atoms with Gasteiger partial charge in [0.1, 0.15) is 5.75 Å². The second-order valence-corrected chi connectivity index (χ2v) is 13.0. The van der Waals surface area contributed by atoms with E-state index in [4.69, 9.17) is 4.74 Å². The summed E-state index contributed by atoms with van der Waals surface area (Å²) in [5, 5.41) is 3.03. The number of sulfonamides is 1. The number of ether oxygens (including phenoxy) is 1. The van der Waals surface area contributed by atoms with E-state index < -0.39 is 33.7 Å². The monoisotopic (exact) mass is 604 g/mol. The zero-order valence-corrected chi connectivity index (χ0v) is 24.8. The number of hydrogen-bond donors (Lipinski definition) is 1. The lowest BCUT2D eigenvalue weighted by molar-refractivity contribution is -0.138. The van der Waals surface area contributed by atoms with Crippen molar-refractivity contribution in [3.63, 3.8) is 0 Å². The summed E-state index contributed by atoms with van der Waals surface area (Å²) in [6.45, 7) is 3.63. The molecule has 42 heavy (non-hydrogen) atoms. The van der Waals surface area contributed by atoms with Crippen LogP contribution in [0.4, 0.5) is 30.5 Å². The number of piperazine rings is 1. The second-order valence-electron chi connectivity index (χ2n) is 10.9. The third-order valence-corrected chi connectivity index (χ3v) is 9.42. The number of hydrogen-bond acceptors (Lipinski definition) is 8.